The van der Waals surface area contributed by atoms with Crippen molar-refractivity contribution < 1.29 is 29.3 Å². The third kappa shape index (κ3) is 1.54. The molecule has 0 aromatic carbocycles. The van der Waals surface area contributed by atoms with Gasteiger partial charge in [0.25, 0.3) is 0 Å². The highest BCUT2D eigenvalue weighted by atomic mass is 16.6. The van der Waals surface area contributed by atoms with Crippen molar-refractivity contribution in [2.45, 2.75) is 0 Å². The summed E-state index contributed by atoms with van der Waals surface area (Å²) in [5.41, 5.74) is 0. The van der Waals surface area contributed by atoms with Crippen molar-refractivity contribution in [3.05, 3.63) is 24.0 Å². The highest BCUT2D eigenvalue weighted by molar-refractivity contribution is 5.88. The lowest BCUT2D eigenvalue weighted by Crippen LogP contribution is -2.13. The number of aliphatic carboxylic acids is 2. The van der Waals surface area contributed by atoms with Crippen molar-refractivity contribution in [3.63, 3.8) is 0 Å². The lowest BCUT2D eigenvalue weighted by atomic mass is 10.5. The minimum atomic E-state index is -1.39. The first-order valence-electron chi connectivity index (χ1n) is 2.81. The number of hydrogen-bond donors (Lipinski definition) is 2. The van der Waals surface area contributed by atoms with Crippen molar-refractivity contribution in [2.75, 3.05) is 0 Å². The Labute approximate surface area is 66.3 Å². The van der Waals surface area contributed by atoms with Gasteiger partial charge in [-0.1, -0.05) is 0 Å². The fourth-order valence-electron chi connectivity index (χ4n) is 0.512. The predicted octanol–water partition coefficient (Wildman–Crippen LogP) is -0.115. The fourth-order valence-corrected chi connectivity index (χ4v) is 0.512. The molecule has 0 amide bonds. The van der Waals surface area contributed by atoms with E-state index in [2.05, 4.69) is 9.47 Å². The van der Waals surface area contributed by atoms with Crippen molar-refractivity contribution in [2.24, 2.45) is 0 Å². The molecule has 12 heavy (non-hydrogen) atoms. The van der Waals surface area contributed by atoms with E-state index in [-0.39, 0.29) is 0 Å². The zero-order valence-electron chi connectivity index (χ0n) is 5.68. The van der Waals surface area contributed by atoms with Gasteiger partial charge in [0, 0.05) is 0 Å². The lowest BCUT2D eigenvalue weighted by molar-refractivity contribution is -0.140. The van der Waals surface area contributed by atoms with E-state index in [1.807, 2.05) is 0 Å². The summed E-state index contributed by atoms with van der Waals surface area (Å²) < 4.78 is 8.81. The minimum absolute atomic E-state index is 0.560. The molecule has 0 aromatic rings. The molecule has 64 valence electrons. The van der Waals surface area contributed by atoms with Crippen molar-refractivity contribution in [3.8, 4) is 0 Å². The Hall–Kier alpha value is -1.98. The summed E-state index contributed by atoms with van der Waals surface area (Å²) >= 11 is 0. The van der Waals surface area contributed by atoms with Crippen LogP contribution in [0.2, 0.25) is 0 Å². The van der Waals surface area contributed by atoms with Gasteiger partial charge in [-0.2, -0.15) is 0 Å². The molecule has 0 aromatic heterocycles. The molecule has 2 N–H and O–H groups in total. The van der Waals surface area contributed by atoms with Crippen molar-refractivity contribution in [1.82, 2.24) is 0 Å². The topological polar surface area (TPSA) is 93.1 Å². The van der Waals surface area contributed by atoms with Gasteiger partial charge in [0.15, 0.2) is 0 Å². The van der Waals surface area contributed by atoms with E-state index in [1.54, 1.807) is 0 Å². The van der Waals surface area contributed by atoms with E-state index in [0.29, 0.717) is 0 Å². The molecule has 1 heterocycles. The van der Waals surface area contributed by atoms with Crippen LogP contribution in [0.1, 0.15) is 0 Å². The smallest absolute Gasteiger partial charge is 0.375 e. The number of hydrogen-bond acceptors (Lipinski definition) is 4. The van der Waals surface area contributed by atoms with Crippen LogP contribution in [0, 0.1) is 0 Å². The molecule has 0 saturated heterocycles. The maximum Gasteiger partial charge on any atom is 0.375 e. The van der Waals surface area contributed by atoms with Crippen LogP contribution >= 0.6 is 0 Å². The van der Waals surface area contributed by atoms with Gasteiger partial charge in [-0.05, 0) is 0 Å². The molecule has 0 bridgehead atoms. The molecule has 0 spiro atoms. The molecule has 0 aliphatic carbocycles. The predicted molar refractivity (Wildman–Crippen MR) is 33.6 cm³/mol. The van der Waals surface area contributed by atoms with Gasteiger partial charge in [0.05, 0.1) is 0 Å². The monoisotopic (exact) mass is 172 g/mol. The van der Waals surface area contributed by atoms with Crippen LogP contribution in [0.5, 0.6) is 0 Å². The summed E-state index contributed by atoms with van der Waals surface area (Å²) in [6, 6.07) is 0. The fraction of sp³-hybridized carbons (Fsp3) is 0. The van der Waals surface area contributed by atoms with Gasteiger partial charge < -0.3 is 19.7 Å². The Kier molecular flexibility index (Phi) is 2.00. The van der Waals surface area contributed by atoms with Gasteiger partial charge in [0.2, 0.25) is 11.5 Å². The average Bonchev–Trinajstić information content (AvgIpc) is 2.04. The Balaban J connectivity index is 2.73. The summed E-state index contributed by atoms with van der Waals surface area (Å²) in [5.74, 6) is -3.89. The van der Waals surface area contributed by atoms with Crippen LogP contribution < -0.4 is 0 Å². The summed E-state index contributed by atoms with van der Waals surface area (Å²) in [6.45, 7) is 0. The van der Waals surface area contributed by atoms with Crippen LogP contribution in [0.4, 0.5) is 0 Å². The van der Waals surface area contributed by atoms with Gasteiger partial charge >= 0.3 is 11.9 Å². The number of carboxylic acids is 2. The number of ether oxygens (including phenoxy) is 2. The van der Waals surface area contributed by atoms with E-state index in [1.165, 1.54) is 0 Å². The largest absolute Gasteiger partial charge is 0.475 e. The van der Waals surface area contributed by atoms with Gasteiger partial charge in [-0.25, -0.2) is 9.59 Å². The molecule has 0 atom stereocenters. The van der Waals surface area contributed by atoms with Crippen LogP contribution in [-0.2, 0) is 19.1 Å². The third-order valence-corrected chi connectivity index (χ3v) is 0.992. The van der Waals surface area contributed by atoms with E-state index >= 15 is 0 Å². The van der Waals surface area contributed by atoms with Gasteiger partial charge in [-0.15, -0.1) is 0 Å². The molecule has 6 nitrogen and oxygen atoms in total. The zero-order chi connectivity index (χ0) is 9.14. The molecule has 6 heteroatoms. The first kappa shape index (κ1) is 8.12. The van der Waals surface area contributed by atoms with E-state index in [4.69, 9.17) is 10.2 Å². The number of rotatable bonds is 2. The second-order valence-corrected chi connectivity index (χ2v) is 1.81. The van der Waals surface area contributed by atoms with Crippen molar-refractivity contribution >= 4 is 11.9 Å². The van der Waals surface area contributed by atoms with Gasteiger partial charge in [0.1, 0.15) is 12.5 Å². The van der Waals surface area contributed by atoms with Crippen molar-refractivity contribution in [1.29, 1.82) is 0 Å². The standard InChI is InChI=1S/C6H4O6/c7-5(8)3-1-11-2-4(12-3)6(9)10/h1-2H,(H,7,8)(H,9,10). The SMILES string of the molecule is O=C(O)C1=COC=C(C(=O)O)O1. The molecule has 1 aliphatic heterocycles. The molecule has 0 saturated carbocycles. The highest BCUT2D eigenvalue weighted by Gasteiger charge is 2.20. The summed E-state index contributed by atoms with van der Waals surface area (Å²) in [7, 11) is 0. The van der Waals surface area contributed by atoms with Crippen LogP contribution in [0.25, 0.3) is 0 Å². The second kappa shape index (κ2) is 2.95. The number of carboxylic acid groups (broad SMARTS) is 2. The van der Waals surface area contributed by atoms with E-state index in [0.717, 1.165) is 12.5 Å². The summed E-state index contributed by atoms with van der Waals surface area (Å²) in [5, 5.41) is 16.7. The van der Waals surface area contributed by atoms with Crippen LogP contribution in [-0.4, -0.2) is 22.2 Å². The first-order valence-corrected chi connectivity index (χ1v) is 2.81. The highest BCUT2D eigenvalue weighted by Crippen LogP contribution is 2.12. The Bertz CT molecular complexity index is 258. The zero-order valence-corrected chi connectivity index (χ0v) is 5.68. The van der Waals surface area contributed by atoms with Crippen LogP contribution in [0.15, 0.2) is 24.0 Å². The van der Waals surface area contributed by atoms with E-state index in [9.17, 15) is 9.59 Å². The Morgan fingerprint density at radius 3 is 1.83 bits per heavy atom. The Morgan fingerprint density at radius 1 is 1.08 bits per heavy atom. The normalized spacial score (nSPS) is 15.0. The summed E-state index contributed by atoms with van der Waals surface area (Å²) in [6.07, 6.45) is 1.60. The molecular weight excluding hydrogens is 168 g/mol. The first-order chi connectivity index (χ1) is 5.61. The third-order valence-electron chi connectivity index (χ3n) is 0.992. The maximum atomic E-state index is 10.2. The Morgan fingerprint density at radius 2 is 1.50 bits per heavy atom. The molecule has 0 unspecified atom stereocenters. The van der Waals surface area contributed by atoms with E-state index < -0.39 is 23.5 Å². The maximum absolute atomic E-state index is 10.2. The molecular formula is C6H4O6. The number of carbonyl (C=O) groups is 2. The molecule has 1 rings (SSSR count). The molecule has 1 aliphatic rings. The average molecular weight is 172 g/mol. The second-order valence-electron chi connectivity index (χ2n) is 1.81. The lowest BCUT2D eigenvalue weighted by Gasteiger charge is -2.09. The summed E-state index contributed by atoms with van der Waals surface area (Å²) in [4.78, 5) is 20.5. The quantitative estimate of drug-likeness (QED) is 0.603. The molecule has 0 fully saturated rings. The van der Waals surface area contributed by atoms with Gasteiger partial charge in [-0.3, -0.25) is 0 Å². The van der Waals surface area contributed by atoms with Crippen LogP contribution in [0.3, 0.4) is 0 Å². The minimum Gasteiger partial charge on any atom is -0.475 e. The molecule has 0 radical (unpaired) electrons.